The van der Waals surface area contributed by atoms with Gasteiger partial charge in [-0.25, -0.2) is 0 Å². The fourth-order valence-corrected chi connectivity index (χ4v) is 1.60. The number of benzene rings is 1. The smallest absolute Gasteiger partial charge is 0.239 e. The molecule has 0 aliphatic heterocycles. The summed E-state index contributed by atoms with van der Waals surface area (Å²) < 4.78 is 0. The molecule has 1 atom stereocenters. The van der Waals surface area contributed by atoms with Crippen LogP contribution in [0.1, 0.15) is 17.5 Å². The van der Waals surface area contributed by atoms with Crippen molar-refractivity contribution in [1.82, 2.24) is 4.90 Å². The number of nitriles is 1. The second-order valence-corrected chi connectivity index (χ2v) is 4.13. The van der Waals surface area contributed by atoms with Gasteiger partial charge in [0.2, 0.25) is 5.91 Å². The van der Waals surface area contributed by atoms with E-state index in [1.165, 1.54) is 0 Å². The molecular weight excluding hydrogens is 226 g/mol. The quantitative estimate of drug-likeness (QED) is 0.795. The first kappa shape index (κ1) is 13.9. The molecule has 0 heterocycles. The Hall–Kier alpha value is -2.12. The zero-order chi connectivity index (χ0) is 13.5. The van der Waals surface area contributed by atoms with E-state index in [4.69, 9.17) is 11.0 Å². The highest BCUT2D eigenvalue weighted by molar-refractivity contribution is 5.81. The molecule has 18 heavy (non-hydrogen) atoms. The Morgan fingerprint density at radius 1 is 1.56 bits per heavy atom. The van der Waals surface area contributed by atoms with Crippen LogP contribution in [-0.4, -0.2) is 23.9 Å². The zero-order valence-corrected chi connectivity index (χ0v) is 10.5. The van der Waals surface area contributed by atoms with E-state index in [-0.39, 0.29) is 5.91 Å². The number of hydrogen-bond donors (Lipinski definition) is 1. The van der Waals surface area contributed by atoms with Crippen LogP contribution in [0.2, 0.25) is 0 Å². The lowest BCUT2D eigenvalue weighted by molar-refractivity contribution is -0.131. The summed E-state index contributed by atoms with van der Waals surface area (Å²) in [5, 5.41) is 8.69. The molecule has 0 spiro atoms. The van der Waals surface area contributed by atoms with Gasteiger partial charge in [-0.3, -0.25) is 4.79 Å². The monoisotopic (exact) mass is 243 g/mol. The van der Waals surface area contributed by atoms with Gasteiger partial charge in [0.15, 0.2) is 0 Å². The standard InChI is InChI=1S/C14H17N3O/c1-3-4-13(16)14(18)17(2)10-12-7-5-11(9-15)6-8-12/h3,5-8,13H,1,4,10,16H2,2H3. The van der Waals surface area contributed by atoms with E-state index in [2.05, 4.69) is 12.6 Å². The van der Waals surface area contributed by atoms with Gasteiger partial charge in [-0.2, -0.15) is 5.26 Å². The molecule has 4 nitrogen and oxygen atoms in total. The third-order valence-corrected chi connectivity index (χ3v) is 2.62. The summed E-state index contributed by atoms with van der Waals surface area (Å²) in [6, 6.07) is 8.65. The SMILES string of the molecule is C=CCC(N)C(=O)N(C)Cc1ccc(C#N)cc1. The Morgan fingerprint density at radius 3 is 2.67 bits per heavy atom. The Labute approximate surface area is 107 Å². The molecule has 2 N–H and O–H groups in total. The van der Waals surface area contributed by atoms with E-state index in [1.807, 2.05) is 12.1 Å². The highest BCUT2D eigenvalue weighted by Gasteiger charge is 2.16. The maximum atomic E-state index is 11.9. The van der Waals surface area contributed by atoms with Gasteiger partial charge in [-0.05, 0) is 24.1 Å². The Kier molecular flexibility index (Phi) is 5.09. The van der Waals surface area contributed by atoms with E-state index >= 15 is 0 Å². The van der Waals surface area contributed by atoms with Crippen molar-refractivity contribution in [3.63, 3.8) is 0 Å². The number of nitrogens with two attached hydrogens (primary N) is 1. The molecule has 0 aliphatic rings. The van der Waals surface area contributed by atoms with Gasteiger partial charge in [-0.1, -0.05) is 18.2 Å². The predicted molar refractivity (Wildman–Crippen MR) is 70.4 cm³/mol. The number of likely N-dealkylation sites (N-methyl/N-ethyl adjacent to an activating group) is 1. The fraction of sp³-hybridized carbons (Fsp3) is 0.286. The summed E-state index contributed by atoms with van der Waals surface area (Å²) in [6.07, 6.45) is 2.11. The summed E-state index contributed by atoms with van der Waals surface area (Å²) in [5.74, 6) is -0.112. The summed E-state index contributed by atoms with van der Waals surface area (Å²) in [6.45, 7) is 4.05. The molecule has 0 aromatic heterocycles. The number of hydrogen-bond acceptors (Lipinski definition) is 3. The maximum absolute atomic E-state index is 11.9. The lowest BCUT2D eigenvalue weighted by Gasteiger charge is -2.20. The largest absolute Gasteiger partial charge is 0.340 e. The lowest BCUT2D eigenvalue weighted by atomic mass is 10.1. The molecule has 0 saturated carbocycles. The van der Waals surface area contributed by atoms with Crippen LogP contribution in [0.15, 0.2) is 36.9 Å². The van der Waals surface area contributed by atoms with Crippen molar-refractivity contribution in [3.8, 4) is 6.07 Å². The van der Waals surface area contributed by atoms with Crippen molar-refractivity contribution in [1.29, 1.82) is 5.26 Å². The molecule has 1 rings (SSSR count). The van der Waals surface area contributed by atoms with Crippen molar-refractivity contribution in [3.05, 3.63) is 48.0 Å². The molecule has 0 bridgehead atoms. The fourth-order valence-electron chi connectivity index (χ4n) is 1.60. The summed E-state index contributed by atoms with van der Waals surface area (Å²) in [5.41, 5.74) is 7.30. The minimum Gasteiger partial charge on any atom is -0.340 e. The van der Waals surface area contributed by atoms with Crippen LogP contribution in [0.25, 0.3) is 0 Å². The zero-order valence-electron chi connectivity index (χ0n) is 10.5. The summed E-state index contributed by atoms with van der Waals surface area (Å²) in [4.78, 5) is 13.4. The van der Waals surface area contributed by atoms with Crippen LogP contribution in [0.3, 0.4) is 0 Å². The minimum atomic E-state index is -0.536. The lowest BCUT2D eigenvalue weighted by Crippen LogP contribution is -2.41. The van der Waals surface area contributed by atoms with Gasteiger partial charge >= 0.3 is 0 Å². The number of amides is 1. The highest BCUT2D eigenvalue weighted by atomic mass is 16.2. The van der Waals surface area contributed by atoms with Gasteiger partial charge in [0.05, 0.1) is 17.7 Å². The second kappa shape index (κ2) is 6.58. The molecular formula is C14H17N3O. The second-order valence-electron chi connectivity index (χ2n) is 4.13. The molecule has 1 aromatic rings. The summed E-state index contributed by atoms with van der Waals surface area (Å²) in [7, 11) is 1.71. The van der Waals surface area contributed by atoms with Gasteiger partial charge in [0.25, 0.3) is 0 Å². The van der Waals surface area contributed by atoms with Crippen LogP contribution in [0, 0.1) is 11.3 Å². The maximum Gasteiger partial charge on any atom is 0.239 e. The van der Waals surface area contributed by atoms with E-state index in [0.29, 0.717) is 18.5 Å². The molecule has 0 radical (unpaired) electrons. The van der Waals surface area contributed by atoms with E-state index in [0.717, 1.165) is 5.56 Å². The van der Waals surface area contributed by atoms with Crippen LogP contribution < -0.4 is 5.73 Å². The molecule has 94 valence electrons. The molecule has 4 heteroatoms. The van der Waals surface area contributed by atoms with Gasteiger partial charge in [-0.15, -0.1) is 6.58 Å². The first-order valence-corrected chi connectivity index (χ1v) is 5.69. The van der Waals surface area contributed by atoms with Crippen molar-refractivity contribution in [2.45, 2.75) is 19.0 Å². The molecule has 1 unspecified atom stereocenters. The molecule has 0 saturated heterocycles. The number of carbonyl (C=O) groups excluding carboxylic acids is 1. The third-order valence-electron chi connectivity index (χ3n) is 2.62. The van der Waals surface area contributed by atoms with Gasteiger partial charge < -0.3 is 10.6 Å². The first-order chi connectivity index (χ1) is 8.58. The van der Waals surface area contributed by atoms with Gasteiger partial charge in [0, 0.05) is 13.6 Å². The molecule has 1 amide bonds. The Morgan fingerprint density at radius 2 is 2.17 bits per heavy atom. The molecule has 0 aliphatic carbocycles. The van der Waals surface area contributed by atoms with Crippen molar-refractivity contribution in [2.75, 3.05) is 7.05 Å². The average Bonchev–Trinajstić information content (AvgIpc) is 2.39. The number of carbonyl (C=O) groups is 1. The van der Waals surface area contributed by atoms with Crippen molar-refractivity contribution >= 4 is 5.91 Å². The first-order valence-electron chi connectivity index (χ1n) is 5.69. The van der Waals surface area contributed by atoms with Gasteiger partial charge in [0.1, 0.15) is 0 Å². The van der Waals surface area contributed by atoms with Crippen molar-refractivity contribution in [2.24, 2.45) is 5.73 Å². The van der Waals surface area contributed by atoms with Crippen LogP contribution >= 0.6 is 0 Å². The normalized spacial score (nSPS) is 11.4. The Balaban J connectivity index is 2.63. The van der Waals surface area contributed by atoms with E-state index in [9.17, 15) is 4.79 Å². The number of nitrogens with zero attached hydrogens (tertiary/aromatic N) is 2. The topological polar surface area (TPSA) is 70.1 Å². The van der Waals surface area contributed by atoms with E-state index in [1.54, 1.807) is 30.2 Å². The summed E-state index contributed by atoms with van der Waals surface area (Å²) >= 11 is 0. The average molecular weight is 243 g/mol. The van der Waals surface area contributed by atoms with Crippen molar-refractivity contribution < 1.29 is 4.79 Å². The highest BCUT2D eigenvalue weighted by Crippen LogP contribution is 2.07. The van der Waals surface area contributed by atoms with E-state index < -0.39 is 6.04 Å². The van der Waals surface area contributed by atoms with Crippen LogP contribution in [0.4, 0.5) is 0 Å². The minimum absolute atomic E-state index is 0.112. The third kappa shape index (κ3) is 3.72. The van der Waals surface area contributed by atoms with Crippen LogP contribution in [-0.2, 0) is 11.3 Å². The number of rotatable bonds is 5. The predicted octanol–water partition coefficient (Wildman–Crippen LogP) is 1.42. The molecule has 1 aromatic carbocycles. The Bertz CT molecular complexity index is 459. The molecule has 0 fully saturated rings. The van der Waals surface area contributed by atoms with Crippen LogP contribution in [0.5, 0.6) is 0 Å².